The van der Waals surface area contributed by atoms with Gasteiger partial charge >= 0.3 is 5.97 Å². The number of ether oxygens (including phenoxy) is 1. The van der Waals surface area contributed by atoms with Gasteiger partial charge in [-0.3, -0.25) is 0 Å². The summed E-state index contributed by atoms with van der Waals surface area (Å²) in [5, 5.41) is 0. The van der Waals surface area contributed by atoms with Gasteiger partial charge in [0.2, 0.25) is 0 Å². The van der Waals surface area contributed by atoms with Gasteiger partial charge < -0.3 is 4.74 Å². The Morgan fingerprint density at radius 2 is 1.31 bits per heavy atom. The van der Waals surface area contributed by atoms with Crippen molar-refractivity contribution in [2.75, 3.05) is 0 Å². The summed E-state index contributed by atoms with van der Waals surface area (Å²) in [6, 6.07) is 18.0. The Hall–Kier alpha value is -1.09. The van der Waals surface area contributed by atoms with Gasteiger partial charge in [-0.25, -0.2) is 4.79 Å². The van der Waals surface area contributed by atoms with E-state index in [1.807, 2.05) is 36.4 Å². The molecule has 0 heterocycles. The summed E-state index contributed by atoms with van der Waals surface area (Å²) >= 11 is 0. The third kappa shape index (κ3) is 3.49. The topological polar surface area (TPSA) is 26.3 Å². The van der Waals surface area contributed by atoms with Crippen LogP contribution >= 0.6 is 0 Å². The predicted molar refractivity (Wildman–Crippen MR) is 63.6 cm³/mol. The van der Waals surface area contributed by atoms with Gasteiger partial charge in [-0.1, -0.05) is 36.4 Å². The van der Waals surface area contributed by atoms with Crippen molar-refractivity contribution in [3.05, 3.63) is 66.2 Å². The van der Waals surface area contributed by atoms with Crippen molar-refractivity contribution < 1.29 is 9.53 Å². The second kappa shape index (κ2) is 6.48. The van der Waals surface area contributed by atoms with E-state index < -0.39 is 0 Å². The van der Waals surface area contributed by atoms with Gasteiger partial charge in [-0.15, -0.1) is 0 Å². The third-order valence-corrected chi connectivity index (χ3v) is 1.96. The molecule has 0 saturated heterocycles. The van der Waals surface area contributed by atoms with Crippen LogP contribution in [0.3, 0.4) is 0 Å². The number of hydrogen-bond acceptors (Lipinski definition) is 2. The van der Waals surface area contributed by atoms with E-state index >= 15 is 0 Å². The van der Waals surface area contributed by atoms with E-state index in [9.17, 15) is 4.79 Å². The monoisotopic (exact) mass is 221 g/mol. The van der Waals surface area contributed by atoms with Crippen LogP contribution in [0.25, 0.3) is 0 Å². The summed E-state index contributed by atoms with van der Waals surface area (Å²) in [5.41, 5.74) is 0.557. The number of carbonyl (C=O) groups excluding carboxylic acids is 1. The van der Waals surface area contributed by atoms with Gasteiger partial charge in [0, 0.05) is 29.6 Å². The predicted octanol–water partition coefficient (Wildman–Crippen LogP) is 2.53. The van der Waals surface area contributed by atoms with Crippen molar-refractivity contribution >= 4 is 35.5 Å². The van der Waals surface area contributed by atoms with E-state index in [-0.39, 0.29) is 35.5 Å². The molecule has 16 heavy (non-hydrogen) atoms. The molecular weight excluding hydrogens is 211 g/mol. The molecule has 0 aromatic heterocycles. The van der Waals surface area contributed by atoms with Gasteiger partial charge in [-0.05, 0) is 24.3 Å². The molecule has 2 aromatic rings. The number of hydrogen-bond donors (Lipinski definition) is 0. The standard InChI is InChI=1S/C13H10O2.Na/c14-13(11-7-3-1-4-8-11)15-12-9-5-2-6-10-12;/h1-10H;. The zero-order valence-electron chi connectivity index (χ0n) is 9.09. The average Bonchev–Trinajstić information content (AvgIpc) is 2.31. The molecule has 0 spiro atoms. The van der Waals surface area contributed by atoms with Crippen molar-refractivity contribution in [1.29, 1.82) is 0 Å². The average molecular weight is 221 g/mol. The third-order valence-electron chi connectivity index (χ3n) is 1.96. The summed E-state index contributed by atoms with van der Waals surface area (Å²) in [5.74, 6) is 0.230. The fourth-order valence-electron chi connectivity index (χ4n) is 1.23. The zero-order valence-corrected chi connectivity index (χ0v) is 11.1. The van der Waals surface area contributed by atoms with Crippen LogP contribution in [0.1, 0.15) is 10.4 Å². The molecule has 2 aromatic carbocycles. The molecule has 0 N–H and O–H groups in total. The van der Waals surface area contributed by atoms with E-state index in [1.54, 1.807) is 24.3 Å². The Kier molecular flexibility index (Phi) is 5.26. The van der Waals surface area contributed by atoms with Gasteiger partial charge in [0.15, 0.2) is 0 Å². The van der Waals surface area contributed by atoms with Crippen molar-refractivity contribution in [2.24, 2.45) is 0 Å². The smallest absolute Gasteiger partial charge is 0.343 e. The first-order chi connectivity index (χ1) is 7.36. The van der Waals surface area contributed by atoms with Crippen LogP contribution in [-0.4, -0.2) is 35.5 Å². The fourth-order valence-corrected chi connectivity index (χ4v) is 1.23. The molecule has 2 rings (SSSR count). The van der Waals surface area contributed by atoms with Crippen LogP contribution in [0.5, 0.6) is 5.75 Å². The van der Waals surface area contributed by atoms with Crippen LogP contribution in [-0.2, 0) is 0 Å². The number of benzene rings is 2. The summed E-state index contributed by atoms with van der Waals surface area (Å²) in [4.78, 5) is 11.6. The van der Waals surface area contributed by atoms with Crippen LogP contribution in [0.2, 0.25) is 0 Å². The normalized spacial score (nSPS) is 9.00. The zero-order chi connectivity index (χ0) is 10.5. The molecule has 0 atom stereocenters. The van der Waals surface area contributed by atoms with Crippen LogP contribution < -0.4 is 4.74 Å². The van der Waals surface area contributed by atoms with Crippen molar-refractivity contribution in [1.82, 2.24) is 0 Å². The van der Waals surface area contributed by atoms with Crippen molar-refractivity contribution in [3.8, 4) is 5.75 Å². The van der Waals surface area contributed by atoms with Crippen LogP contribution in [0.4, 0.5) is 0 Å². The Balaban J connectivity index is 0.00000128. The SMILES string of the molecule is O=C(Oc1ccccc1)c1ccccc1.[Na]. The largest absolute Gasteiger partial charge is 0.423 e. The van der Waals surface area contributed by atoms with E-state index in [4.69, 9.17) is 4.74 Å². The number of rotatable bonds is 2. The Morgan fingerprint density at radius 3 is 1.88 bits per heavy atom. The molecule has 3 heteroatoms. The minimum absolute atomic E-state index is 0. The minimum Gasteiger partial charge on any atom is -0.423 e. The molecular formula is C13H10NaO2. The second-order valence-corrected chi connectivity index (χ2v) is 3.07. The molecule has 75 valence electrons. The summed E-state index contributed by atoms with van der Waals surface area (Å²) < 4.78 is 5.16. The Bertz CT molecular complexity index is 440. The molecule has 0 bridgehead atoms. The molecule has 2 nitrogen and oxygen atoms in total. The van der Waals surface area contributed by atoms with Gasteiger partial charge in [0.25, 0.3) is 0 Å². The van der Waals surface area contributed by atoms with Gasteiger partial charge in [-0.2, -0.15) is 0 Å². The number of esters is 1. The summed E-state index contributed by atoms with van der Waals surface area (Å²) in [6.07, 6.45) is 0. The summed E-state index contributed by atoms with van der Waals surface area (Å²) in [7, 11) is 0. The van der Waals surface area contributed by atoms with Crippen molar-refractivity contribution in [3.63, 3.8) is 0 Å². The van der Waals surface area contributed by atoms with E-state index in [1.165, 1.54) is 0 Å². The Labute approximate surface area is 117 Å². The number of para-hydroxylation sites is 1. The number of carbonyl (C=O) groups is 1. The van der Waals surface area contributed by atoms with E-state index in [2.05, 4.69) is 0 Å². The molecule has 0 amide bonds. The molecule has 0 unspecified atom stereocenters. The van der Waals surface area contributed by atoms with Gasteiger partial charge in [0.1, 0.15) is 5.75 Å². The van der Waals surface area contributed by atoms with Crippen LogP contribution in [0.15, 0.2) is 60.7 Å². The van der Waals surface area contributed by atoms with E-state index in [0.717, 1.165) is 0 Å². The first-order valence-corrected chi connectivity index (χ1v) is 4.68. The van der Waals surface area contributed by atoms with E-state index in [0.29, 0.717) is 11.3 Å². The maximum absolute atomic E-state index is 11.6. The van der Waals surface area contributed by atoms with Crippen LogP contribution in [0, 0.1) is 0 Å². The second-order valence-electron chi connectivity index (χ2n) is 3.07. The maximum Gasteiger partial charge on any atom is 0.343 e. The first-order valence-electron chi connectivity index (χ1n) is 4.68. The first kappa shape index (κ1) is 13.0. The molecule has 1 radical (unpaired) electrons. The minimum atomic E-state index is -0.332. The fraction of sp³-hybridized carbons (Fsp3) is 0. The molecule has 0 aliphatic carbocycles. The molecule has 0 saturated carbocycles. The van der Waals surface area contributed by atoms with Gasteiger partial charge in [0.05, 0.1) is 5.56 Å². The molecule has 0 aliphatic heterocycles. The summed E-state index contributed by atoms with van der Waals surface area (Å²) in [6.45, 7) is 0. The maximum atomic E-state index is 11.6. The van der Waals surface area contributed by atoms with Crippen molar-refractivity contribution in [2.45, 2.75) is 0 Å². The molecule has 0 fully saturated rings. The quantitative estimate of drug-likeness (QED) is 0.442. The molecule has 0 aliphatic rings. The Morgan fingerprint density at radius 1 is 0.812 bits per heavy atom.